The Labute approximate surface area is 450 Å². The van der Waals surface area contributed by atoms with Gasteiger partial charge in [0.2, 0.25) is 0 Å². The van der Waals surface area contributed by atoms with Crippen molar-refractivity contribution in [1.29, 1.82) is 0 Å². The Morgan fingerprint density at radius 1 is 0.481 bits per heavy atom. The van der Waals surface area contributed by atoms with Gasteiger partial charge in [0.05, 0.1) is 50.2 Å². The molecule has 0 spiro atoms. The average molecular weight is 1000 g/mol. The van der Waals surface area contributed by atoms with E-state index in [1.54, 1.807) is 0 Å². The molecule has 0 saturated carbocycles. The molecule has 0 unspecified atom stereocenters. The van der Waals surface area contributed by atoms with Crippen LogP contribution in [0.5, 0.6) is 11.5 Å². The fourth-order valence-corrected chi connectivity index (χ4v) is 11.4. The highest BCUT2D eigenvalue weighted by atomic mass is 16.5. The maximum absolute atomic E-state index is 7.21. The SMILES string of the molecule is CC(C)c1ccnc(-n2c3ccccc3c3c(-n4c5ccccc5c5ccccc54)cc(Oc4cccc(-n5[c-][n+](-c6c(-c7ccccc7)cccc6-c6cc(C(C)(C)C)cc(C(C)(C)C)c6)c6ccccc65)c4)cc32)c1. The summed E-state index contributed by atoms with van der Waals surface area (Å²) in [5.41, 5.74) is 17.8. The van der Waals surface area contributed by atoms with Crippen molar-refractivity contribution in [1.82, 2.24) is 18.7 Å². The monoisotopic (exact) mass is 999 g/mol. The number of pyridine rings is 1. The highest BCUT2D eigenvalue weighted by molar-refractivity contribution is 6.16. The molecule has 0 aliphatic heterocycles. The number of hydrogen-bond donors (Lipinski definition) is 0. The van der Waals surface area contributed by atoms with E-state index in [0.717, 1.165) is 83.4 Å². The molecular formula is C71H61N5O. The average Bonchev–Trinajstić information content (AvgIpc) is 4.17. The summed E-state index contributed by atoms with van der Waals surface area (Å²) < 4.78 is 16.4. The van der Waals surface area contributed by atoms with Crippen LogP contribution in [-0.2, 0) is 10.8 Å². The first-order valence-electron chi connectivity index (χ1n) is 26.9. The van der Waals surface area contributed by atoms with E-state index in [0.29, 0.717) is 17.4 Å². The lowest BCUT2D eigenvalue weighted by Crippen LogP contribution is -2.31. The van der Waals surface area contributed by atoms with E-state index < -0.39 is 0 Å². The quantitative estimate of drug-likeness (QED) is 0.107. The highest BCUT2D eigenvalue weighted by Gasteiger charge is 2.26. The van der Waals surface area contributed by atoms with Crippen molar-refractivity contribution in [2.45, 2.75) is 72.1 Å². The maximum Gasteiger partial charge on any atom is 0.269 e. The molecule has 77 heavy (non-hydrogen) atoms. The molecule has 0 atom stereocenters. The van der Waals surface area contributed by atoms with E-state index in [1.807, 2.05) is 6.20 Å². The second-order valence-electron chi connectivity index (χ2n) is 22.9. The molecule has 13 rings (SSSR count). The van der Waals surface area contributed by atoms with Crippen LogP contribution in [0, 0.1) is 6.33 Å². The second-order valence-corrected chi connectivity index (χ2v) is 22.9. The fourth-order valence-electron chi connectivity index (χ4n) is 11.4. The summed E-state index contributed by atoms with van der Waals surface area (Å²) in [6.07, 6.45) is 5.86. The predicted molar refractivity (Wildman–Crippen MR) is 319 cm³/mol. The Balaban J connectivity index is 1.01. The molecule has 9 aromatic carbocycles. The molecule has 13 aromatic rings. The molecule has 4 aromatic heterocycles. The normalized spacial score (nSPS) is 12.3. The summed E-state index contributed by atoms with van der Waals surface area (Å²) in [4.78, 5) is 5.04. The number of hydrogen-bond acceptors (Lipinski definition) is 2. The van der Waals surface area contributed by atoms with Crippen LogP contribution in [0.15, 0.2) is 219 Å². The minimum Gasteiger partial charge on any atom is -0.458 e. The zero-order valence-electron chi connectivity index (χ0n) is 45.0. The van der Waals surface area contributed by atoms with Gasteiger partial charge in [-0.3, -0.25) is 13.7 Å². The predicted octanol–water partition coefficient (Wildman–Crippen LogP) is 18.1. The van der Waals surface area contributed by atoms with E-state index in [1.165, 1.54) is 33.0 Å². The molecule has 6 heteroatoms. The van der Waals surface area contributed by atoms with Crippen molar-refractivity contribution < 1.29 is 9.30 Å². The first kappa shape index (κ1) is 47.7. The van der Waals surface area contributed by atoms with Crippen molar-refractivity contribution in [3.63, 3.8) is 0 Å². The van der Waals surface area contributed by atoms with Crippen LogP contribution >= 0.6 is 0 Å². The molecule has 0 bridgehead atoms. The van der Waals surface area contributed by atoms with Crippen LogP contribution in [-0.4, -0.2) is 18.7 Å². The van der Waals surface area contributed by atoms with Crippen molar-refractivity contribution in [2.75, 3.05) is 0 Å². The molecule has 376 valence electrons. The lowest BCUT2D eigenvalue weighted by Gasteiger charge is -2.27. The number of ether oxygens (including phenoxy) is 1. The molecule has 0 saturated heterocycles. The lowest BCUT2D eigenvalue weighted by molar-refractivity contribution is -0.571. The van der Waals surface area contributed by atoms with Crippen LogP contribution in [0.3, 0.4) is 0 Å². The lowest BCUT2D eigenvalue weighted by atomic mass is 9.78. The van der Waals surface area contributed by atoms with Crippen molar-refractivity contribution in [3.05, 3.63) is 242 Å². The standard InChI is InChI=1S/C71H61N5O/c1-46(2)48-36-37-72-67(40-48)76-62-33-17-14-28-59(62)68-65(75-60-31-15-12-26-57(60)58-27-13-16-32-61(58)75)43-54(44-66(68)76)77-53-25-20-24-52(42-53)73-45-74(64-35-19-18-34-63(64)73)69-55(47-22-10-9-11-23-47)29-21-30-56(69)49-38-50(70(3,4)5)41-51(39-49)71(6,7)8/h9-44,46H,1-8H3. The minimum atomic E-state index is -0.0526. The van der Waals surface area contributed by atoms with Gasteiger partial charge in [0, 0.05) is 39.9 Å². The zero-order valence-corrected chi connectivity index (χ0v) is 45.0. The van der Waals surface area contributed by atoms with Crippen molar-refractivity contribution in [3.8, 4) is 56.6 Å². The van der Waals surface area contributed by atoms with Crippen molar-refractivity contribution >= 4 is 54.6 Å². The fraction of sp³-hybridized carbons (Fsp3) is 0.155. The Kier molecular flexibility index (Phi) is 11.4. The molecular weight excluding hydrogens is 939 g/mol. The van der Waals surface area contributed by atoms with Crippen LogP contribution in [0.1, 0.15) is 78.0 Å². The third kappa shape index (κ3) is 8.27. The molecule has 0 N–H and O–H groups in total. The summed E-state index contributed by atoms with van der Waals surface area (Å²) in [6.45, 7) is 18.3. The third-order valence-corrected chi connectivity index (χ3v) is 15.4. The van der Waals surface area contributed by atoms with Gasteiger partial charge in [-0.25, -0.2) is 4.98 Å². The van der Waals surface area contributed by atoms with Crippen molar-refractivity contribution in [2.24, 2.45) is 0 Å². The topological polar surface area (TPSA) is 40.8 Å². The molecule has 6 nitrogen and oxygen atoms in total. The van der Waals surface area contributed by atoms with Crippen LogP contribution in [0.25, 0.3) is 99.8 Å². The largest absolute Gasteiger partial charge is 0.458 e. The molecule has 0 amide bonds. The second kappa shape index (κ2) is 18.4. The first-order chi connectivity index (χ1) is 37.3. The number of fused-ring (bicyclic) bond motifs is 7. The molecule has 0 aliphatic rings. The van der Waals surface area contributed by atoms with Crippen LogP contribution in [0.2, 0.25) is 0 Å². The zero-order chi connectivity index (χ0) is 52.7. The first-order valence-corrected chi connectivity index (χ1v) is 26.9. The maximum atomic E-state index is 7.21. The number of aromatic nitrogens is 5. The van der Waals surface area contributed by atoms with E-state index in [4.69, 9.17) is 9.72 Å². The Bertz CT molecular complexity index is 4340. The van der Waals surface area contributed by atoms with Gasteiger partial charge in [0.15, 0.2) is 0 Å². The van der Waals surface area contributed by atoms with Gasteiger partial charge in [0.1, 0.15) is 17.3 Å². The summed E-state index contributed by atoms with van der Waals surface area (Å²) in [7, 11) is 0. The number of para-hydroxylation sites is 6. The van der Waals surface area contributed by atoms with Gasteiger partial charge < -0.3 is 9.30 Å². The number of rotatable bonds is 9. The molecule has 4 heterocycles. The summed E-state index contributed by atoms with van der Waals surface area (Å²) in [6, 6.07) is 76.5. The Hall–Kier alpha value is -9.00. The Morgan fingerprint density at radius 2 is 1.06 bits per heavy atom. The number of imidazole rings is 1. The number of nitrogens with zero attached hydrogens (tertiary/aromatic N) is 5. The van der Waals surface area contributed by atoms with Gasteiger partial charge in [-0.2, -0.15) is 0 Å². The van der Waals surface area contributed by atoms with E-state index >= 15 is 0 Å². The van der Waals surface area contributed by atoms with Gasteiger partial charge in [-0.15, -0.1) is 0 Å². The van der Waals surface area contributed by atoms with Gasteiger partial charge >= 0.3 is 0 Å². The third-order valence-electron chi connectivity index (χ3n) is 15.4. The smallest absolute Gasteiger partial charge is 0.269 e. The molecule has 0 fully saturated rings. The minimum absolute atomic E-state index is 0.0526. The summed E-state index contributed by atoms with van der Waals surface area (Å²) in [5, 5.41) is 4.66. The van der Waals surface area contributed by atoms with E-state index in [9.17, 15) is 0 Å². The van der Waals surface area contributed by atoms with Gasteiger partial charge in [-0.05, 0) is 104 Å². The molecule has 0 aliphatic carbocycles. The highest BCUT2D eigenvalue weighted by Crippen LogP contribution is 2.44. The molecule has 0 radical (unpaired) electrons. The van der Waals surface area contributed by atoms with E-state index in [-0.39, 0.29) is 10.8 Å². The number of benzene rings is 9. The summed E-state index contributed by atoms with van der Waals surface area (Å²) in [5.74, 6) is 2.61. The van der Waals surface area contributed by atoms with Crippen LogP contribution in [0.4, 0.5) is 0 Å². The van der Waals surface area contributed by atoms with E-state index in [2.05, 4.69) is 292 Å². The van der Waals surface area contributed by atoms with Gasteiger partial charge in [-0.1, -0.05) is 207 Å². The van der Waals surface area contributed by atoms with Crippen LogP contribution < -0.4 is 9.30 Å². The van der Waals surface area contributed by atoms with Gasteiger partial charge in [0.25, 0.3) is 6.33 Å². The summed E-state index contributed by atoms with van der Waals surface area (Å²) >= 11 is 0. The Morgan fingerprint density at radius 3 is 1.73 bits per heavy atom.